The fourth-order valence-electron chi connectivity index (χ4n) is 1.32. The van der Waals surface area contributed by atoms with E-state index in [0.29, 0.717) is 14.9 Å². The van der Waals surface area contributed by atoms with Crippen LogP contribution in [0.5, 0.6) is 0 Å². The first-order valence-corrected chi connectivity index (χ1v) is 9.19. The number of hydrogen-bond donors (Lipinski definition) is 1. The van der Waals surface area contributed by atoms with E-state index in [4.69, 9.17) is 11.6 Å². The van der Waals surface area contributed by atoms with Crippen LogP contribution in [0.15, 0.2) is 28.6 Å². The number of thioether (sulfide) groups is 1. The standard InChI is InChI=1S/C10H10ClN3O2S3/c1-17-10-13-12-9(18-10)14-19(15,16)6-7-4-2-3-5-8(7)11/h2-5H,6H2,1H3,(H,12,14). The molecule has 0 saturated carbocycles. The van der Waals surface area contributed by atoms with E-state index in [0.717, 1.165) is 0 Å². The van der Waals surface area contributed by atoms with Crippen molar-refractivity contribution in [2.75, 3.05) is 11.0 Å². The highest BCUT2D eigenvalue weighted by atomic mass is 35.5. The summed E-state index contributed by atoms with van der Waals surface area (Å²) in [7, 11) is -3.54. The van der Waals surface area contributed by atoms with Crippen LogP contribution in [-0.4, -0.2) is 24.9 Å². The largest absolute Gasteiger partial charge is 0.257 e. The molecule has 0 unspecified atom stereocenters. The molecule has 1 aromatic carbocycles. The van der Waals surface area contributed by atoms with Crippen LogP contribution < -0.4 is 4.72 Å². The Kier molecular flexibility index (Phi) is 4.67. The highest BCUT2D eigenvalue weighted by Gasteiger charge is 2.16. The van der Waals surface area contributed by atoms with E-state index >= 15 is 0 Å². The van der Waals surface area contributed by atoms with E-state index in [2.05, 4.69) is 14.9 Å². The van der Waals surface area contributed by atoms with Gasteiger partial charge in [0, 0.05) is 5.02 Å². The van der Waals surface area contributed by atoms with Gasteiger partial charge < -0.3 is 0 Å². The van der Waals surface area contributed by atoms with Crippen molar-refractivity contribution in [2.24, 2.45) is 0 Å². The van der Waals surface area contributed by atoms with Crippen molar-refractivity contribution in [3.63, 3.8) is 0 Å². The van der Waals surface area contributed by atoms with Gasteiger partial charge in [-0.15, -0.1) is 10.2 Å². The van der Waals surface area contributed by atoms with E-state index in [9.17, 15) is 8.42 Å². The van der Waals surface area contributed by atoms with Gasteiger partial charge in [-0.1, -0.05) is 52.9 Å². The normalized spacial score (nSPS) is 11.5. The predicted molar refractivity (Wildman–Crippen MR) is 79.4 cm³/mol. The van der Waals surface area contributed by atoms with E-state index in [1.54, 1.807) is 24.3 Å². The molecule has 1 heterocycles. The molecule has 19 heavy (non-hydrogen) atoms. The van der Waals surface area contributed by atoms with Crippen LogP contribution in [0.4, 0.5) is 5.13 Å². The van der Waals surface area contributed by atoms with Crippen molar-refractivity contribution >= 4 is 49.9 Å². The van der Waals surface area contributed by atoms with Crippen LogP contribution in [0.25, 0.3) is 0 Å². The number of hydrogen-bond acceptors (Lipinski definition) is 6. The summed E-state index contributed by atoms with van der Waals surface area (Å²) in [4.78, 5) is 0. The third-order valence-electron chi connectivity index (χ3n) is 2.13. The maximum Gasteiger partial charge on any atom is 0.238 e. The third-order valence-corrected chi connectivity index (χ3v) is 5.63. The van der Waals surface area contributed by atoms with Gasteiger partial charge in [0.2, 0.25) is 15.2 Å². The van der Waals surface area contributed by atoms with Crippen molar-refractivity contribution in [3.05, 3.63) is 34.9 Å². The lowest BCUT2D eigenvalue weighted by Gasteiger charge is -2.06. The predicted octanol–water partition coefficient (Wildman–Crippen LogP) is 2.86. The maximum atomic E-state index is 12.0. The van der Waals surface area contributed by atoms with E-state index in [-0.39, 0.29) is 10.9 Å². The highest BCUT2D eigenvalue weighted by Crippen LogP contribution is 2.25. The van der Waals surface area contributed by atoms with Gasteiger partial charge in [0.1, 0.15) is 0 Å². The molecule has 0 spiro atoms. The molecular formula is C10H10ClN3O2S3. The molecule has 2 rings (SSSR count). The lowest BCUT2D eigenvalue weighted by molar-refractivity contribution is 0.600. The molecule has 2 aromatic rings. The fourth-order valence-corrected chi connectivity index (χ4v) is 4.21. The third kappa shape index (κ3) is 4.07. The molecule has 0 fully saturated rings. The van der Waals surface area contributed by atoms with Gasteiger partial charge in [0.25, 0.3) is 0 Å². The van der Waals surface area contributed by atoms with Gasteiger partial charge in [0.05, 0.1) is 5.75 Å². The number of nitrogens with zero attached hydrogens (tertiary/aromatic N) is 2. The van der Waals surface area contributed by atoms with E-state index in [1.165, 1.54) is 23.1 Å². The molecule has 0 aliphatic rings. The van der Waals surface area contributed by atoms with Gasteiger partial charge in [0.15, 0.2) is 4.34 Å². The van der Waals surface area contributed by atoms with Gasteiger partial charge in [-0.25, -0.2) is 8.42 Å². The molecule has 1 N–H and O–H groups in total. The van der Waals surface area contributed by atoms with E-state index < -0.39 is 10.0 Å². The monoisotopic (exact) mass is 335 g/mol. The molecule has 1 aromatic heterocycles. The van der Waals surface area contributed by atoms with Crippen molar-refractivity contribution in [2.45, 2.75) is 10.1 Å². The number of aromatic nitrogens is 2. The van der Waals surface area contributed by atoms with Crippen LogP contribution in [-0.2, 0) is 15.8 Å². The zero-order valence-corrected chi connectivity index (χ0v) is 13.0. The molecule has 5 nitrogen and oxygen atoms in total. The summed E-state index contributed by atoms with van der Waals surface area (Å²) in [6.45, 7) is 0. The molecule has 102 valence electrons. The molecule has 0 amide bonds. The smallest absolute Gasteiger partial charge is 0.238 e. The quantitative estimate of drug-likeness (QED) is 0.851. The Morgan fingerprint density at radius 2 is 2.11 bits per heavy atom. The summed E-state index contributed by atoms with van der Waals surface area (Å²) in [6, 6.07) is 6.83. The summed E-state index contributed by atoms with van der Waals surface area (Å²) in [6.07, 6.45) is 1.85. The zero-order valence-electron chi connectivity index (χ0n) is 9.83. The van der Waals surface area contributed by atoms with Crippen molar-refractivity contribution < 1.29 is 8.42 Å². The Bertz CT molecular complexity index is 672. The number of sulfonamides is 1. The number of rotatable bonds is 5. The van der Waals surface area contributed by atoms with Crippen LogP contribution >= 0.6 is 34.7 Å². The SMILES string of the molecule is CSc1nnc(NS(=O)(=O)Cc2ccccc2Cl)s1. The summed E-state index contributed by atoms with van der Waals surface area (Å²) in [5.41, 5.74) is 0.547. The fraction of sp³-hybridized carbons (Fsp3) is 0.200. The lowest BCUT2D eigenvalue weighted by Crippen LogP contribution is -2.15. The average molecular weight is 336 g/mol. The molecule has 0 saturated heterocycles. The first-order chi connectivity index (χ1) is 9.00. The first-order valence-electron chi connectivity index (χ1n) is 5.11. The van der Waals surface area contributed by atoms with Gasteiger partial charge in [-0.05, 0) is 17.9 Å². The van der Waals surface area contributed by atoms with Crippen molar-refractivity contribution in [1.29, 1.82) is 0 Å². The minimum atomic E-state index is -3.54. The summed E-state index contributed by atoms with van der Waals surface area (Å²) in [5.74, 6) is -0.194. The second-order valence-corrected chi connectivity index (χ2v) is 7.69. The van der Waals surface area contributed by atoms with Crippen molar-refractivity contribution in [3.8, 4) is 0 Å². The Morgan fingerprint density at radius 1 is 1.37 bits per heavy atom. The Morgan fingerprint density at radius 3 is 2.74 bits per heavy atom. The zero-order chi connectivity index (χ0) is 13.9. The summed E-state index contributed by atoms with van der Waals surface area (Å²) < 4.78 is 27.1. The highest BCUT2D eigenvalue weighted by molar-refractivity contribution is 8.00. The molecule has 0 bridgehead atoms. The Hall–Kier alpha value is -0.830. The Labute approximate surface area is 124 Å². The average Bonchev–Trinajstić information content (AvgIpc) is 2.78. The van der Waals surface area contributed by atoms with Crippen LogP contribution in [0.3, 0.4) is 0 Å². The van der Waals surface area contributed by atoms with Gasteiger partial charge in [-0.2, -0.15) is 0 Å². The van der Waals surface area contributed by atoms with Crippen molar-refractivity contribution in [1.82, 2.24) is 10.2 Å². The topological polar surface area (TPSA) is 72.0 Å². The first kappa shape index (κ1) is 14.6. The molecule has 0 radical (unpaired) electrons. The Balaban J connectivity index is 2.13. The molecule has 0 aliphatic heterocycles. The number of anilines is 1. The molecular weight excluding hydrogens is 326 g/mol. The van der Waals surface area contributed by atoms with Crippen LogP contribution in [0.2, 0.25) is 5.02 Å². The minimum Gasteiger partial charge on any atom is -0.257 e. The van der Waals surface area contributed by atoms with Crippen LogP contribution in [0.1, 0.15) is 5.56 Å². The van der Waals surface area contributed by atoms with Gasteiger partial charge in [-0.3, -0.25) is 4.72 Å². The number of halogens is 1. The molecule has 0 aliphatic carbocycles. The van der Waals surface area contributed by atoms with Crippen LogP contribution in [0, 0.1) is 0 Å². The number of benzene rings is 1. The minimum absolute atomic E-state index is 0.194. The maximum absolute atomic E-state index is 12.0. The lowest BCUT2D eigenvalue weighted by atomic mass is 10.2. The van der Waals surface area contributed by atoms with E-state index in [1.807, 2.05) is 6.26 Å². The second kappa shape index (κ2) is 6.08. The summed E-state index contributed by atoms with van der Waals surface area (Å²) >= 11 is 8.54. The van der Waals surface area contributed by atoms with Gasteiger partial charge >= 0.3 is 0 Å². The number of nitrogens with one attached hydrogen (secondary N) is 1. The molecule has 9 heteroatoms. The second-order valence-electron chi connectivity index (χ2n) is 3.53. The summed E-state index contributed by atoms with van der Waals surface area (Å²) in [5, 5.41) is 8.27. The molecule has 0 atom stereocenters.